The molecule has 0 fully saturated rings. The molecule has 5 heteroatoms. The summed E-state index contributed by atoms with van der Waals surface area (Å²) in [4.78, 5) is 4.52. The zero-order valence-corrected chi connectivity index (χ0v) is 13.6. The van der Waals surface area contributed by atoms with Crippen LogP contribution in [-0.2, 0) is 12.0 Å². The highest BCUT2D eigenvalue weighted by atomic mass is 32.1. The molecular weight excluding hydrogens is 287 g/mol. The second-order valence-corrected chi connectivity index (χ2v) is 7.09. The van der Waals surface area contributed by atoms with E-state index in [0.29, 0.717) is 0 Å². The van der Waals surface area contributed by atoms with Crippen molar-refractivity contribution in [3.63, 3.8) is 0 Å². The summed E-state index contributed by atoms with van der Waals surface area (Å²) < 4.78 is 19.4. The van der Waals surface area contributed by atoms with E-state index in [0.717, 1.165) is 16.3 Å². The van der Waals surface area contributed by atoms with Crippen LogP contribution in [0.2, 0.25) is 0 Å². The highest BCUT2D eigenvalue weighted by Gasteiger charge is 2.17. The average Bonchev–Trinajstić information content (AvgIpc) is 2.85. The Morgan fingerprint density at radius 3 is 2.62 bits per heavy atom. The van der Waals surface area contributed by atoms with Crippen molar-refractivity contribution in [3.8, 4) is 5.75 Å². The highest BCUT2D eigenvalue weighted by molar-refractivity contribution is 7.09. The highest BCUT2D eigenvalue weighted by Crippen LogP contribution is 2.26. The topological polar surface area (TPSA) is 48.1 Å². The molecule has 2 aromatic rings. The third kappa shape index (κ3) is 4.02. The van der Waals surface area contributed by atoms with Crippen molar-refractivity contribution >= 4 is 11.3 Å². The molecule has 1 heterocycles. The Morgan fingerprint density at radius 1 is 1.38 bits per heavy atom. The number of hydrogen-bond acceptors (Lipinski definition) is 4. The molecule has 0 aliphatic rings. The third-order valence-electron chi connectivity index (χ3n) is 3.15. The first-order valence-electron chi connectivity index (χ1n) is 6.90. The van der Waals surface area contributed by atoms with Gasteiger partial charge in [-0.1, -0.05) is 26.8 Å². The zero-order valence-electron chi connectivity index (χ0n) is 12.8. The van der Waals surface area contributed by atoms with Crippen molar-refractivity contribution in [3.05, 3.63) is 45.7 Å². The molecule has 1 atom stereocenters. The van der Waals surface area contributed by atoms with E-state index in [1.165, 1.54) is 17.4 Å². The Labute approximate surface area is 129 Å². The van der Waals surface area contributed by atoms with Crippen molar-refractivity contribution in [2.75, 3.05) is 0 Å². The molecule has 114 valence electrons. The van der Waals surface area contributed by atoms with Gasteiger partial charge in [-0.05, 0) is 24.6 Å². The SMILES string of the molecule is C[C@@H](N)c1ccc(OCc2nc(C(C)(C)C)cs2)c(F)c1. The van der Waals surface area contributed by atoms with Crippen LogP contribution < -0.4 is 10.5 Å². The summed E-state index contributed by atoms with van der Waals surface area (Å²) >= 11 is 1.53. The zero-order chi connectivity index (χ0) is 15.6. The fourth-order valence-corrected chi connectivity index (χ4v) is 2.71. The van der Waals surface area contributed by atoms with Crippen LogP contribution in [0.3, 0.4) is 0 Å². The van der Waals surface area contributed by atoms with Gasteiger partial charge in [-0.15, -0.1) is 11.3 Å². The molecule has 0 saturated carbocycles. The molecule has 2 rings (SSSR count). The Bertz CT molecular complexity index is 617. The first-order chi connectivity index (χ1) is 9.77. The molecule has 21 heavy (non-hydrogen) atoms. The molecule has 2 N–H and O–H groups in total. The molecule has 0 unspecified atom stereocenters. The van der Waals surface area contributed by atoms with E-state index in [-0.39, 0.29) is 23.8 Å². The van der Waals surface area contributed by atoms with Crippen molar-refractivity contribution < 1.29 is 9.13 Å². The van der Waals surface area contributed by atoms with Gasteiger partial charge in [0.1, 0.15) is 11.6 Å². The largest absolute Gasteiger partial charge is 0.483 e. The van der Waals surface area contributed by atoms with Crippen LogP contribution in [0.15, 0.2) is 23.6 Å². The second kappa shape index (κ2) is 6.12. The van der Waals surface area contributed by atoms with Crippen LogP contribution in [0.1, 0.15) is 50.0 Å². The molecule has 0 aliphatic heterocycles. The van der Waals surface area contributed by atoms with Gasteiger partial charge >= 0.3 is 0 Å². The Kier molecular flexibility index (Phi) is 4.64. The van der Waals surface area contributed by atoms with Crippen molar-refractivity contribution in [1.82, 2.24) is 4.98 Å². The molecule has 0 amide bonds. The summed E-state index contributed by atoms with van der Waals surface area (Å²) in [5.41, 5.74) is 7.52. The lowest BCUT2D eigenvalue weighted by molar-refractivity contribution is 0.289. The van der Waals surface area contributed by atoms with Gasteiger partial charge in [-0.25, -0.2) is 9.37 Å². The van der Waals surface area contributed by atoms with Crippen molar-refractivity contribution in [2.45, 2.75) is 45.8 Å². The van der Waals surface area contributed by atoms with Gasteiger partial charge in [-0.2, -0.15) is 0 Å². The molecule has 0 radical (unpaired) electrons. The summed E-state index contributed by atoms with van der Waals surface area (Å²) in [7, 11) is 0. The quantitative estimate of drug-likeness (QED) is 0.922. The lowest BCUT2D eigenvalue weighted by Gasteiger charge is -2.14. The lowest BCUT2D eigenvalue weighted by atomic mass is 9.93. The third-order valence-corrected chi connectivity index (χ3v) is 3.98. The molecular formula is C16H21FN2OS. The minimum absolute atomic E-state index is 0.0128. The number of rotatable bonds is 4. The molecule has 1 aromatic carbocycles. The lowest BCUT2D eigenvalue weighted by Crippen LogP contribution is -2.11. The number of nitrogens with two attached hydrogens (primary N) is 1. The van der Waals surface area contributed by atoms with Crippen LogP contribution in [0.4, 0.5) is 4.39 Å². The smallest absolute Gasteiger partial charge is 0.165 e. The monoisotopic (exact) mass is 308 g/mol. The minimum Gasteiger partial charge on any atom is -0.483 e. The maximum atomic E-state index is 13.9. The molecule has 0 spiro atoms. The summed E-state index contributed by atoms with van der Waals surface area (Å²) in [6.07, 6.45) is 0. The van der Waals surface area contributed by atoms with E-state index in [1.807, 2.05) is 12.3 Å². The van der Waals surface area contributed by atoms with E-state index < -0.39 is 5.82 Å². The second-order valence-electron chi connectivity index (χ2n) is 6.14. The number of thiazole rings is 1. The van der Waals surface area contributed by atoms with Crippen LogP contribution >= 0.6 is 11.3 Å². The first-order valence-corrected chi connectivity index (χ1v) is 7.78. The number of aromatic nitrogens is 1. The predicted octanol–water partition coefficient (Wildman–Crippen LogP) is 4.18. The minimum atomic E-state index is -0.391. The van der Waals surface area contributed by atoms with E-state index in [4.69, 9.17) is 10.5 Å². The number of benzene rings is 1. The number of hydrogen-bond donors (Lipinski definition) is 1. The van der Waals surface area contributed by atoms with Crippen LogP contribution in [0, 0.1) is 5.82 Å². The van der Waals surface area contributed by atoms with E-state index in [1.54, 1.807) is 12.1 Å². The number of ether oxygens (including phenoxy) is 1. The number of halogens is 1. The van der Waals surface area contributed by atoms with E-state index in [2.05, 4.69) is 25.8 Å². The molecule has 3 nitrogen and oxygen atoms in total. The molecule has 0 saturated heterocycles. The molecule has 0 bridgehead atoms. The maximum Gasteiger partial charge on any atom is 0.165 e. The maximum absolute atomic E-state index is 13.9. The van der Waals surface area contributed by atoms with Gasteiger partial charge in [0, 0.05) is 16.8 Å². The van der Waals surface area contributed by atoms with Crippen LogP contribution in [-0.4, -0.2) is 4.98 Å². The summed E-state index contributed by atoms with van der Waals surface area (Å²) in [6.45, 7) is 8.42. The normalized spacial score (nSPS) is 13.2. The van der Waals surface area contributed by atoms with Crippen LogP contribution in [0.25, 0.3) is 0 Å². The van der Waals surface area contributed by atoms with Gasteiger partial charge in [0.2, 0.25) is 0 Å². The van der Waals surface area contributed by atoms with Gasteiger partial charge in [0.15, 0.2) is 11.6 Å². The summed E-state index contributed by atoms with van der Waals surface area (Å²) in [5, 5.41) is 2.87. The Balaban J connectivity index is 2.05. The summed E-state index contributed by atoms with van der Waals surface area (Å²) in [6, 6.07) is 4.63. The van der Waals surface area contributed by atoms with E-state index in [9.17, 15) is 4.39 Å². The van der Waals surface area contributed by atoms with E-state index >= 15 is 0 Å². The van der Waals surface area contributed by atoms with Gasteiger partial charge in [-0.3, -0.25) is 0 Å². The Hall–Kier alpha value is -1.46. The van der Waals surface area contributed by atoms with Gasteiger partial charge in [0.25, 0.3) is 0 Å². The predicted molar refractivity (Wildman–Crippen MR) is 84.1 cm³/mol. The molecule has 0 aliphatic carbocycles. The Morgan fingerprint density at radius 2 is 2.10 bits per heavy atom. The van der Waals surface area contributed by atoms with Gasteiger partial charge in [0.05, 0.1) is 5.69 Å². The number of nitrogens with zero attached hydrogens (tertiary/aromatic N) is 1. The fraction of sp³-hybridized carbons (Fsp3) is 0.438. The average molecular weight is 308 g/mol. The fourth-order valence-electron chi connectivity index (χ4n) is 1.78. The first kappa shape index (κ1) is 15.9. The summed E-state index contributed by atoms with van der Waals surface area (Å²) in [5.74, 6) is -0.163. The van der Waals surface area contributed by atoms with Crippen molar-refractivity contribution in [1.29, 1.82) is 0 Å². The molecule has 1 aromatic heterocycles. The van der Waals surface area contributed by atoms with Crippen LogP contribution in [0.5, 0.6) is 5.75 Å². The van der Waals surface area contributed by atoms with Gasteiger partial charge < -0.3 is 10.5 Å². The standard InChI is InChI=1S/C16H21FN2OS/c1-10(18)11-5-6-13(12(17)7-11)20-8-15-19-14(9-21-15)16(2,3)4/h5-7,9-10H,8,18H2,1-4H3/t10-/m1/s1. The van der Waals surface area contributed by atoms with Crippen molar-refractivity contribution in [2.24, 2.45) is 5.73 Å².